The molecule has 2 fully saturated rings. The summed E-state index contributed by atoms with van der Waals surface area (Å²) in [5.74, 6) is 1.56. The Morgan fingerprint density at radius 1 is 1.27 bits per heavy atom. The maximum Gasteiger partial charge on any atom is 0.319 e. The van der Waals surface area contributed by atoms with Crippen LogP contribution in [0.4, 0.5) is 0 Å². The lowest BCUT2D eigenvalue weighted by molar-refractivity contribution is -0.142. The molecule has 0 bridgehead atoms. The maximum atomic E-state index is 11.9. The van der Waals surface area contributed by atoms with E-state index in [2.05, 4.69) is 14.8 Å². The highest BCUT2D eigenvalue weighted by atomic mass is 32.2. The number of nitrogens with zero attached hydrogens (tertiary/aromatic N) is 3. The lowest BCUT2D eigenvalue weighted by atomic mass is 9.95. The highest BCUT2D eigenvalue weighted by Crippen LogP contribution is 2.43. The lowest BCUT2D eigenvalue weighted by Crippen LogP contribution is -2.20. The molecule has 0 unspecified atom stereocenters. The van der Waals surface area contributed by atoms with Gasteiger partial charge in [0.1, 0.15) is 11.1 Å². The minimum atomic E-state index is -0.237. The van der Waals surface area contributed by atoms with Crippen LogP contribution in [0, 0.1) is 0 Å². The monoisotopic (exact) mass is 323 g/mol. The summed E-state index contributed by atoms with van der Waals surface area (Å²) in [7, 11) is 0. The minimum absolute atomic E-state index is 0.168. The molecule has 5 nitrogen and oxygen atoms in total. The Balaban J connectivity index is 1.79. The smallest absolute Gasteiger partial charge is 0.319 e. The second-order valence-electron chi connectivity index (χ2n) is 6.29. The summed E-state index contributed by atoms with van der Waals surface area (Å²) in [5.41, 5.74) is 0. The first kappa shape index (κ1) is 15.8. The van der Waals surface area contributed by atoms with Gasteiger partial charge in [-0.05, 0) is 39.5 Å². The summed E-state index contributed by atoms with van der Waals surface area (Å²) in [4.78, 5) is 11.9. The van der Waals surface area contributed by atoms with E-state index in [-0.39, 0.29) is 11.2 Å². The first-order chi connectivity index (χ1) is 10.7. The van der Waals surface area contributed by atoms with Gasteiger partial charge in [0.25, 0.3) is 0 Å². The number of carbonyl (C=O) groups is 1. The highest BCUT2D eigenvalue weighted by Gasteiger charge is 2.34. The Kier molecular flexibility index (Phi) is 5.06. The largest absolute Gasteiger partial charge is 0.465 e. The van der Waals surface area contributed by atoms with Gasteiger partial charge >= 0.3 is 5.97 Å². The fraction of sp³-hybridized carbons (Fsp3) is 0.812. The van der Waals surface area contributed by atoms with Crippen LogP contribution >= 0.6 is 11.8 Å². The van der Waals surface area contributed by atoms with Gasteiger partial charge in [-0.3, -0.25) is 4.79 Å². The SMILES string of the molecule is CCOC(=O)[C@@H](C)Sc1nnc(C2CC2)n1C1CCCCC1. The quantitative estimate of drug-likeness (QED) is 0.590. The second kappa shape index (κ2) is 7.02. The molecule has 3 rings (SSSR count). The van der Waals surface area contributed by atoms with Gasteiger partial charge in [0, 0.05) is 12.0 Å². The minimum Gasteiger partial charge on any atom is -0.465 e. The third-order valence-corrected chi connectivity index (χ3v) is 5.51. The molecule has 0 aromatic carbocycles. The molecular formula is C16H25N3O2S. The zero-order valence-electron chi connectivity index (χ0n) is 13.5. The molecule has 0 spiro atoms. The van der Waals surface area contributed by atoms with Gasteiger partial charge in [-0.15, -0.1) is 10.2 Å². The van der Waals surface area contributed by atoms with Crippen molar-refractivity contribution < 1.29 is 9.53 Å². The molecule has 2 saturated carbocycles. The van der Waals surface area contributed by atoms with Gasteiger partial charge in [0.2, 0.25) is 0 Å². The Morgan fingerprint density at radius 2 is 2.00 bits per heavy atom. The van der Waals surface area contributed by atoms with E-state index in [1.165, 1.54) is 56.7 Å². The third kappa shape index (κ3) is 3.47. The van der Waals surface area contributed by atoms with Crippen LogP contribution in [-0.4, -0.2) is 32.6 Å². The zero-order valence-corrected chi connectivity index (χ0v) is 14.3. The predicted molar refractivity (Wildman–Crippen MR) is 86.1 cm³/mol. The van der Waals surface area contributed by atoms with E-state index >= 15 is 0 Å². The van der Waals surface area contributed by atoms with E-state index < -0.39 is 0 Å². The van der Waals surface area contributed by atoms with Crippen molar-refractivity contribution in [1.82, 2.24) is 14.8 Å². The molecule has 6 heteroatoms. The van der Waals surface area contributed by atoms with Crippen molar-refractivity contribution in [2.24, 2.45) is 0 Å². The highest BCUT2D eigenvalue weighted by molar-refractivity contribution is 8.00. The van der Waals surface area contributed by atoms with Crippen LogP contribution in [0.2, 0.25) is 0 Å². The lowest BCUT2D eigenvalue weighted by Gasteiger charge is -2.26. The van der Waals surface area contributed by atoms with Crippen LogP contribution in [0.25, 0.3) is 0 Å². The number of hydrogen-bond donors (Lipinski definition) is 0. The normalized spacial score (nSPS) is 20.8. The summed E-state index contributed by atoms with van der Waals surface area (Å²) >= 11 is 1.49. The molecule has 0 aliphatic heterocycles. The molecule has 2 aliphatic carbocycles. The number of esters is 1. The van der Waals surface area contributed by atoms with Crippen molar-refractivity contribution >= 4 is 17.7 Å². The molecule has 1 aromatic rings. The molecule has 122 valence electrons. The van der Waals surface area contributed by atoms with E-state index in [1.54, 1.807) is 0 Å². The molecule has 1 aromatic heterocycles. The second-order valence-corrected chi connectivity index (χ2v) is 7.60. The number of aromatic nitrogens is 3. The molecule has 0 radical (unpaired) electrons. The number of thioether (sulfide) groups is 1. The van der Waals surface area contributed by atoms with E-state index in [0.717, 1.165) is 11.0 Å². The van der Waals surface area contributed by atoms with Gasteiger partial charge < -0.3 is 9.30 Å². The predicted octanol–water partition coefficient (Wildman–Crippen LogP) is 3.70. The molecule has 22 heavy (non-hydrogen) atoms. The summed E-state index contributed by atoms with van der Waals surface area (Å²) in [5, 5.41) is 9.52. The average molecular weight is 323 g/mol. The van der Waals surface area contributed by atoms with E-state index in [4.69, 9.17) is 4.74 Å². The van der Waals surface area contributed by atoms with E-state index in [0.29, 0.717) is 18.6 Å². The summed E-state index contributed by atoms with van der Waals surface area (Å²) in [6, 6.07) is 0.510. The van der Waals surface area contributed by atoms with Crippen molar-refractivity contribution in [2.45, 2.75) is 81.2 Å². The number of hydrogen-bond acceptors (Lipinski definition) is 5. The Hall–Kier alpha value is -1.04. The standard InChI is InChI=1S/C16H25N3O2S/c1-3-21-15(20)11(2)22-16-18-17-14(12-9-10-12)19(16)13-7-5-4-6-8-13/h11-13H,3-10H2,1-2H3/t11-/m1/s1. The van der Waals surface area contributed by atoms with Crippen molar-refractivity contribution in [3.63, 3.8) is 0 Å². The van der Waals surface area contributed by atoms with Crippen LogP contribution in [0.3, 0.4) is 0 Å². The van der Waals surface area contributed by atoms with Gasteiger partial charge in [0.15, 0.2) is 5.16 Å². The molecule has 1 heterocycles. The maximum absolute atomic E-state index is 11.9. The topological polar surface area (TPSA) is 57.0 Å². The number of rotatable bonds is 6. The molecule has 0 saturated heterocycles. The van der Waals surface area contributed by atoms with Gasteiger partial charge in [0.05, 0.1) is 6.61 Å². The van der Waals surface area contributed by atoms with Crippen molar-refractivity contribution in [1.29, 1.82) is 0 Å². The van der Waals surface area contributed by atoms with Crippen molar-refractivity contribution in [2.75, 3.05) is 6.61 Å². The van der Waals surface area contributed by atoms with Crippen LogP contribution in [-0.2, 0) is 9.53 Å². The van der Waals surface area contributed by atoms with Crippen LogP contribution < -0.4 is 0 Å². The first-order valence-corrected chi connectivity index (χ1v) is 9.36. The van der Waals surface area contributed by atoms with Gasteiger partial charge in [-0.25, -0.2) is 0 Å². The van der Waals surface area contributed by atoms with E-state index in [9.17, 15) is 4.79 Å². The Labute approximate surface area is 136 Å². The summed E-state index contributed by atoms with van der Waals surface area (Å²) in [6.45, 7) is 4.15. The molecule has 0 N–H and O–H groups in total. The fourth-order valence-corrected chi connectivity index (χ4v) is 4.06. The fourth-order valence-electron chi connectivity index (χ4n) is 3.14. The molecular weight excluding hydrogens is 298 g/mol. The summed E-state index contributed by atoms with van der Waals surface area (Å²) < 4.78 is 7.46. The molecule has 0 amide bonds. The third-order valence-electron chi connectivity index (χ3n) is 4.47. The number of ether oxygens (including phenoxy) is 1. The van der Waals surface area contributed by atoms with Crippen LogP contribution in [0.5, 0.6) is 0 Å². The molecule has 1 atom stereocenters. The van der Waals surface area contributed by atoms with E-state index in [1.807, 2.05) is 13.8 Å². The van der Waals surface area contributed by atoms with Crippen LogP contribution in [0.1, 0.15) is 76.6 Å². The van der Waals surface area contributed by atoms with Gasteiger partial charge in [-0.1, -0.05) is 31.0 Å². The Morgan fingerprint density at radius 3 is 2.64 bits per heavy atom. The zero-order chi connectivity index (χ0) is 15.5. The van der Waals surface area contributed by atoms with Crippen LogP contribution in [0.15, 0.2) is 5.16 Å². The van der Waals surface area contributed by atoms with Crippen molar-refractivity contribution in [3.8, 4) is 0 Å². The summed E-state index contributed by atoms with van der Waals surface area (Å²) in [6.07, 6.45) is 8.76. The first-order valence-electron chi connectivity index (χ1n) is 8.48. The number of carbonyl (C=O) groups excluding carboxylic acids is 1. The Bertz CT molecular complexity index is 521. The molecule has 2 aliphatic rings. The average Bonchev–Trinajstić information content (AvgIpc) is 3.29. The van der Waals surface area contributed by atoms with Gasteiger partial charge in [-0.2, -0.15) is 0 Å². The van der Waals surface area contributed by atoms with Crippen molar-refractivity contribution in [3.05, 3.63) is 5.82 Å².